The molecule has 0 aliphatic carbocycles. The van der Waals surface area contributed by atoms with Gasteiger partial charge in [-0.05, 0) is 12.1 Å². The second kappa shape index (κ2) is 5.68. The van der Waals surface area contributed by atoms with Gasteiger partial charge in [-0.15, -0.1) is 0 Å². The van der Waals surface area contributed by atoms with Gasteiger partial charge < -0.3 is 9.47 Å². The number of hydrogen-bond acceptors (Lipinski definition) is 6. The number of thiazole rings is 1. The van der Waals surface area contributed by atoms with E-state index in [9.17, 15) is 4.79 Å². The summed E-state index contributed by atoms with van der Waals surface area (Å²) in [6.45, 7) is 1.06. The molecule has 0 fully saturated rings. The maximum Gasteiger partial charge on any atom is 0.259 e. The van der Waals surface area contributed by atoms with Crippen molar-refractivity contribution in [3.63, 3.8) is 0 Å². The van der Waals surface area contributed by atoms with Gasteiger partial charge in [0.15, 0.2) is 16.6 Å². The Morgan fingerprint density at radius 3 is 2.74 bits per heavy atom. The molecule has 1 amide bonds. The third kappa shape index (κ3) is 2.80. The van der Waals surface area contributed by atoms with Crippen LogP contribution in [0.2, 0.25) is 5.15 Å². The number of aromatic nitrogens is 2. The van der Waals surface area contributed by atoms with E-state index >= 15 is 0 Å². The van der Waals surface area contributed by atoms with Crippen molar-refractivity contribution in [2.24, 2.45) is 0 Å². The number of nitrogens with one attached hydrogen (secondary N) is 1. The van der Waals surface area contributed by atoms with E-state index in [0.29, 0.717) is 40.6 Å². The summed E-state index contributed by atoms with van der Waals surface area (Å²) in [5.74, 6) is 1.09. The van der Waals surface area contributed by atoms with Crippen LogP contribution < -0.4 is 14.8 Å². The first kappa shape index (κ1) is 14.2. The van der Waals surface area contributed by atoms with E-state index in [1.54, 1.807) is 12.1 Å². The molecule has 3 heterocycles. The van der Waals surface area contributed by atoms with Crippen molar-refractivity contribution >= 4 is 44.2 Å². The average molecular weight is 348 g/mol. The van der Waals surface area contributed by atoms with Crippen LogP contribution >= 0.6 is 22.9 Å². The van der Waals surface area contributed by atoms with Crippen LogP contribution in [0.1, 0.15) is 10.4 Å². The van der Waals surface area contributed by atoms with Gasteiger partial charge in [-0.1, -0.05) is 22.9 Å². The Balaban J connectivity index is 1.61. The fourth-order valence-corrected chi connectivity index (χ4v) is 3.18. The van der Waals surface area contributed by atoms with Crippen molar-refractivity contribution in [1.82, 2.24) is 9.97 Å². The molecule has 2 aromatic heterocycles. The first-order valence-corrected chi connectivity index (χ1v) is 8.01. The highest BCUT2D eigenvalue weighted by atomic mass is 35.5. The highest BCUT2D eigenvalue weighted by Gasteiger charge is 2.16. The summed E-state index contributed by atoms with van der Waals surface area (Å²) in [6.07, 6.45) is 1.42. The van der Waals surface area contributed by atoms with Crippen LogP contribution in [0.3, 0.4) is 0 Å². The number of carbonyl (C=O) groups is 1. The molecule has 0 atom stereocenters. The van der Waals surface area contributed by atoms with E-state index in [2.05, 4.69) is 15.3 Å². The fraction of sp³-hybridized carbons (Fsp3) is 0.133. The molecule has 6 nitrogen and oxygen atoms in total. The lowest BCUT2D eigenvalue weighted by Crippen LogP contribution is -2.15. The van der Waals surface area contributed by atoms with Gasteiger partial charge in [0, 0.05) is 18.3 Å². The van der Waals surface area contributed by atoms with Crippen LogP contribution in [0.15, 0.2) is 30.5 Å². The Morgan fingerprint density at radius 1 is 1.22 bits per heavy atom. The molecule has 1 aromatic carbocycles. The van der Waals surface area contributed by atoms with Gasteiger partial charge in [-0.3, -0.25) is 10.1 Å². The molecule has 0 spiro atoms. The smallest absolute Gasteiger partial charge is 0.259 e. The van der Waals surface area contributed by atoms with Crippen molar-refractivity contribution in [3.05, 3.63) is 41.2 Å². The summed E-state index contributed by atoms with van der Waals surface area (Å²) in [7, 11) is 0. The molecule has 0 unspecified atom stereocenters. The van der Waals surface area contributed by atoms with Crippen LogP contribution in [0, 0.1) is 0 Å². The van der Waals surface area contributed by atoms with E-state index in [1.807, 2.05) is 12.1 Å². The number of pyridine rings is 1. The van der Waals surface area contributed by atoms with Crippen LogP contribution in [0.25, 0.3) is 10.2 Å². The second-order valence-corrected chi connectivity index (χ2v) is 6.22. The minimum atomic E-state index is -0.287. The van der Waals surface area contributed by atoms with Crippen molar-refractivity contribution in [2.45, 2.75) is 0 Å². The third-order valence-corrected chi connectivity index (χ3v) is 4.42. The van der Waals surface area contributed by atoms with Crippen molar-refractivity contribution < 1.29 is 14.3 Å². The maximum absolute atomic E-state index is 12.2. The average Bonchev–Trinajstić information content (AvgIpc) is 2.94. The van der Waals surface area contributed by atoms with Gasteiger partial charge >= 0.3 is 0 Å². The van der Waals surface area contributed by atoms with E-state index in [1.165, 1.54) is 17.5 Å². The maximum atomic E-state index is 12.2. The number of anilines is 1. The molecule has 3 aromatic rings. The van der Waals surface area contributed by atoms with Gasteiger partial charge in [0.1, 0.15) is 18.4 Å². The summed E-state index contributed by atoms with van der Waals surface area (Å²) < 4.78 is 12.0. The number of ether oxygens (including phenoxy) is 2. The highest BCUT2D eigenvalue weighted by molar-refractivity contribution is 7.22. The van der Waals surface area contributed by atoms with Gasteiger partial charge in [-0.25, -0.2) is 9.97 Å². The molecule has 116 valence electrons. The van der Waals surface area contributed by atoms with Crippen molar-refractivity contribution in [3.8, 4) is 11.5 Å². The summed E-state index contributed by atoms with van der Waals surface area (Å²) >= 11 is 7.09. The minimum Gasteiger partial charge on any atom is -0.486 e. The topological polar surface area (TPSA) is 73.3 Å². The van der Waals surface area contributed by atoms with Crippen LogP contribution in [-0.2, 0) is 0 Å². The Labute approximate surface area is 140 Å². The van der Waals surface area contributed by atoms with E-state index in [-0.39, 0.29) is 5.91 Å². The van der Waals surface area contributed by atoms with E-state index < -0.39 is 0 Å². The largest absolute Gasteiger partial charge is 0.486 e. The monoisotopic (exact) mass is 347 g/mol. The molecule has 1 N–H and O–H groups in total. The molecule has 0 radical (unpaired) electrons. The van der Waals surface area contributed by atoms with Crippen LogP contribution in [-0.4, -0.2) is 29.1 Å². The summed E-state index contributed by atoms with van der Waals surface area (Å²) in [4.78, 5) is 20.5. The number of hydrogen-bond donors (Lipinski definition) is 1. The Hall–Kier alpha value is -2.38. The molecule has 0 bridgehead atoms. The molecule has 0 saturated carbocycles. The Kier molecular flexibility index (Phi) is 3.51. The molecular formula is C15H10ClN3O3S. The zero-order valence-corrected chi connectivity index (χ0v) is 13.3. The fourth-order valence-electron chi connectivity index (χ4n) is 2.20. The number of rotatable bonds is 2. The van der Waals surface area contributed by atoms with Crippen LogP contribution in [0.5, 0.6) is 11.5 Å². The normalized spacial score (nSPS) is 13.1. The molecule has 8 heteroatoms. The lowest BCUT2D eigenvalue weighted by Gasteiger charge is -2.17. The molecule has 1 aliphatic heterocycles. The molecule has 23 heavy (non-hydrogen) atoms. The lowest BCUT2D eigenvalue weighted by atomic mass is 10.3. The standard InChI is InChI=1S/C15H10ClN3O3S/c16-13-2-1-8(7-17-13)14(20)19-15-18-9-5-10-11(6-12(9)23-15)22-4-3-21-10/h1-2,5-7H,3-4H2,(H,18,19,20). The number of nitrogens with zero attached hydrogens (tertiary/aromatic N) is 2. The summed E-state index contributed by atoms with van der Waals surface area (Å²) in [5.41, 5.74) is 1.17. The number of halogens is 1. The predicted octanol–water partition coefficient (Wildman–Crippen LogP) is 3.37. The number of amides is 1. The summed E-state index contributed by atoms with van der Waals surface area (Å²) in [6, 6.07) is 6.87. The molecule has 1 aliphatic rings. The minimum absolute atomic E-state index is 0.287. The van der Waals surface area contributed by atoms with Gasteiger partial charge in [0.25, 0.3) is 5.91 Å². The SMILES string of the molecule is O=C(Nc1nc2cc3c(cc2s1)OCCO3)c1ccc(Cl)nc1. The van der Waals surface area contributed by atoms with E-state index in [4.69, 9.17) is 21.1 Å². The Morgan fingerprint density at radius 2 is 2.00 bits per heavy atom. The highest BCUT2D eigenvalue weighted by Crippen LogP contribution is 2.37. The van der Waals surface area contributed by atoms with Crippen molar-refractivity contribution in [1.29, 1.82) is 0 Å². The zero-order chi connectivity index (χ0) is 15.8. The Bertz CT molecular complexity index is 852. The van der Waals surface area contributed by atoms with Crippen molar-refractivity contribution in [2.75, 3.05) is 18.5 Å². The molecule has 4 rings (SSSR count). The molecule has 0 saturated heterocycles. The zero-order valence-electron chi connectivity index (χ0n) is 11.7. The first-order valence-electron chi connectivity index (χ1n) is 6.82. The third-order valence-electron chi connectivity index (χ3n) is 3.26. The molecular weight excluding hydrogens is 338 g/mol. The number of benzene rings is 1. The summed E-state index contributed by atoms with van der Waals surface area (Å²) in [5, 5.41) is 3.60. The number of carbonyl (C=O) groups excluding carboxylic acids is 1. The number of fused-ring (bicyclic) bond motifs is 2. The van der Waals surface area contributed by atoms with Crippen LogP contribution in [0.4, 0.5) is 5.13 Å². The van der Waals surface area contributed by atoms with Gasteiger partial charge in [-0.2, -0.15) is 0 Å². The van der Waals surface area contributed by atoms with E-state index in [0.717, 1.165) is 10.2 Å². The lowest BCUT2D eigenvalue weighted by molar-refractivity contribution is 0.102. The predicted molar refractivity (Wildman–Crippen MR) is 87.8 cm³/mol. The van der Waals surface area contributed by atoms with Gasteiger partial charge in [0.05, 0.1) is 15.8 Å². The first-order chi connectivity index (χ1) is 11.2. The van der Waals surface area contributed by atoms with Gasteiger partial charge in [0.2, 0.25) is 0 Å². The second-order valence-electron chi connectivity index (χ2n) is 4.81. The quantitative estimate of drug-likeness (QED) is 0.719.